The second kappa shape index (κ2) is 5.10. The van der Waals surface area contributed by atoms with Gasteiger partial charge in [0.05, 0.1) is 4.90 Å². The molecule has 0 aliphatic rings. The lowest BCUT2D eigenvalue weighted by Crippen LogP contribution is -1.97. The van der Waals surface area contributed by atoms with E-state index in [0.717, 1.165) is 6.26 Å². The third-order valence-corrected chi connectivity index (χ3v) is 3.78. The van der Waals surface area contributed by atoms with Crippen molar-refractivity contribution in [3.8, 4) is 11.5 Å². The standard InChI is InChI=1S/C12H14N2O4S/c1-3-10(15)11-13-12(18-14-11)8-4-6-9(7-5-8)19(2,16)17/h4-7,10,15H,3H2,1-2H3. The maximum Gasteiger partial charge on any atom is 0.258 e. The maximum absolute atomic E-state index is 11.3. The fourth-order valence-corrected chi connectivity index (χ4v) is 2.15. The summed E-state index contributed by atoms with van der Waals surface area (Å²) in [4.78, 5) is 4.29. The summed E-state index contributed by atoms with van der Waals surface area (Å²) in [6.45, 7) is 1.81. The lowest BCUT2D eigenvalue weighted by molar-refractivity contribution is 0.159. The summed E-state index contributed by atoms with van der Waals surface area (Å²) >= 11 is 0. The number of benzene rings is 1. The predicted molar refractivity (Wildman–Crippen MR) is 68.1 cm³/mol. The Morgan fingerprint density at radius 3 is 2.47 bits per heavy atom. The van der Waals surface area contributed by atoms with Gasteiger partial charge >= 0.3 is 0 Å². The number of aromatic nitrogens is 2. The largest absolute Gasteiger partial charge is 0.385 e. The number of aliphatic hydroxyl groups excluding tert-OH is 1. The van der Waals surface area contributed by atoms with Crippen molar-refractivity contribution in [2.45, 2.75) is 24.3 Å². The van der Waals surface area contributed by atoms with E-state index in [1.54, 1.807) is 12.1 Å². The highest BCUT2D eigenvalue weighted by Crippen LogP contribution is 2.22. The van der Waals surface area contributed by atoms with E-state index in [9.17, 15) is 13.5 Å². The van der Waals surface area contributed by atoms with Gasteiger partial charge in [0, 0.05) is 11.8 Å². The zero-order valence-electron chi connectivity index (χ0n) is 10.6. The zero-order chi connectivity index (χ0) is 14.0. The average molecular weight is 282 g/mol. The molecule has 0 bridgehead atoms. The highest BCUT2D eigenvalue weighted by molar-refractivity contribution is 7.90. The van der Waals surface area contributed by atoms with Crippen LogP contribution in [0, 0.1) is 0 Å². The molecule has 1 unspecified atom stereocenters. The molecule has 0 amide bonds. The number of aliphatic hydroxyl groups is 1. The van der Waals surface area contributed by atoms with E-state index in [1.807, 2.05) is 6.92 Å². The van der Waals surface area contributed by atoms with Crippen molar-refractivity contribution in [3.05, 3.63) is 30.1 Å². The second-order valence-corrected chi connectivity index (χ2v) is 6.19. The number of sulfone groups is 1. The lowest BCUT2D eigenvalue weighted by Gasteiger charge is -1.99. The van der Waals surface area contributed by atoms with Crippen LogP contribution in [0.3, 0.4) is 0 Å². The summed E-state index contributed by atoms with van der Waals surface area (Å²) in [5.41, 5.74) is 0.606. The quantitative estimate of drug-likeness (QED) is 0.915. The van der Waals surface area contributed by atoms with Crippen LogP contribution in [0.4, 0.5) is 0 Å². The molecule has 6 nitrogen and oxygen atoms in total. The Bertz CT molecular complexity index is 661. The Hall–Kier alpha value is -1.73. The van der Waals surface area contributed by atoms with Gasteiger partial charge in [-0.2, -0.15) is 4.98 Å². The van der Waals surface area contributed by atoms with E-state index < -0.39 is 15.9 Å². The highest BCUT2D eigenvalue weighted by atomic mass is 32.2. The smallest absolute Gasteiger partial charge is 0.258 e. The molecule has 1 aromatic heterocycles. The maximum atomic E-state index is 11.3. The fourth-order valence-electron chi connectivity index (χ4n) is 1.51. The summed E-state index contributed by atoms with van der Waals surface area (Å²) in [7, 11) is -3.22. The monoisotopic (exact) mass is 282 g/mol. The van der Waals surface area contributed by atoms with Crippen LogP contribution in [0.2, 0.25) is 0 Å². The van der Waals surface area contributed by atoms with Crippen molar-refractivity contribution >= 4 is 9.84 Å². The summed E-state index contributed by atoms with van der Waals surface area (Å²) in [6, 6.07) is 6.13. The van der Waals surface area contributed by atoms with Gasteiger partial charge in [-0.05, 0) is 30.7 Å². The molecule has 1 aromatic carbocycles. The number of rotatable bonds is 4. The molecule has 2 rings (SSSR count). The average Bonchev–Trinajstić information content (AvgIpc) is 2.86. The predicted octanol–water partition coefficient (Wildman–Crippen LogP) is 1.58. The Kier molecular flexibility index (Phi) is 3.68. The first-order valence-corrected chi connectivity index (χ1v) is 7.63. The Morgan fingerprint density at radius 2 is 1.95 bits per heavy atom. The number of hydrogen-bond donors (Lipinski definition) is 1. The molecule has 0 spiro atoms. The minimum absolute atomic E-state index is 0.226. The lowest BCUT2D eigenvalue weighted by atomic mass is 10.2. The van der Waals surface area contributed by atoms with E-state index in [1.165, 1.54) is 12.1 Å². The van der Waals surface area contributed by atoms with Crippen LogP contribution in [0.5, 0.6) is 0 Å². The van der Waals surface area contributed by atoms with Crippen LogP contribution < -0.4 is 0 Å². The third-order valence-electron chi connectivity index (χ3n) is 2.66. The molecule has 1 heterocycles. The molecule has 0 fully saturated rings. The van der Waals surface area contributed by atoms with Crippen LogP contribution in [0.1, 0.15) is 25.3 Å². The summed E-state index contributed by atoms with van der Waals surface area (Å²) in [5.74, 6) is 0.479. The van der Waals surface area contributed by atoms with E-state index in [-0.39, 0.29) is 16.6 Å². The van der Waals surface area contributed by atoms with E-state index >= 15 is 0 Å². The molecule has 0 radical (unpaired) electrons. The van der Waals surface area contributed by atoms with Gasteiger partial charge in [-0.15, -0.1) is 0 Å². The van der Waals surface area contributed by atoms with E-state index in [4.69, 9.17) is 4.52 Å². The van der Waals surface area contributed by atoms with Gasteiger partial charge in [0.2, 0.25) is 5.82 Å². The minimum atomic E-state index is -3.22. The zero-order valence-corrected chi connectivity index (χ0v) is 11.4. The van der Waals surface area contributed by atoms with Gasteiger partial charge in [0.25, 0.3) is 5.89 Å². The summed E-state index contributed by atoms with van der Waals surface area (Å²) < 4.78 is 27.7. The third kappa shape index (κ3) is 2.99. The molecule has 1 atom stereocenters. The molecule has 2 aromatic rings. The highest BCUT2D eigenvalue weighted by Gasteiger charge is 2.15. The number of hydrogen-bond acceptors (Lipinski definition) is 6. The van der Waals surface area contributed by atoms with Gasteiger partial charge in [-0.3, -0.25) is 0 Å². The molecular formula is C12H14N2O4S. The Morgan fingerprint density at radius 1 is 1.32 bits per heavy atom. The molecule has 0 saturated heterocycles. The molecule has 1 N–H and O–H groups in total. The van der Waals surface area contributed by atoms with Crippen molar-refractivity contribution in [1.82, 2.24) is 10.1 Å². The van der Waals surface area contributed by atoms with Gasteiger partial charge in [-0.1, -0.05) is 12.1 Å². The summed E-state index contributed by atoms with van der Waals surface area (Å²) in [5, 5.41) is 13.3. The van der Waals surface area contributed by atoms with Crippen molar-refractivity contribution in [1.29, 1.82) is 0 Å². The Labute approximate surface area is 111 Å². The van der Waals surface area contributed by atoms with Crippen LogP contribution in [-0.4, -0.2) is 29.9 Å². The Balaban J connectivity index is 2.30. The van der Waals surface area contributed by atoms with Crippen LogP contribution >= 0.6 is 0 Å². The molecule has 102 valence electrons. The SMILES string of the molecule is CCC(O)c1noc(-c2ccc(S(C)(=O)=O)cc2)n1. The topological polar surface area (TPSA) is 93.3 Å². The molecule has 0 aliphatic carbocycles. The summed E-state index contributed by atoms with van der Waals surface area (Å²) in [6.07, 6.45) is 0.879. The van der Waals surface area contributed by atoms with Crippen molar-refractivity contribution < 1.29 is 18.0 Å². The first kappa shape index (κ1) is 13.7. The van der Waals surface area contributed by atoms with Gasteiger partial charge in [-0.25, -0.2) is 8.42 Å². The number of nitrogens with zero attached hydrogens (tertiary/aromatic N) is 2. The van der Waals surface area contributed by atoms with Crippen LogP contribution in [0.15, 0.2) is 33.7 Å². The normalized spacial score (nSPS) is 13.4. The van der Waals surface area contributed by atoms with Gasteiger partial charge in [0.15, 0.2) is 9.84 Å². The van der Waals surface area contributed by atoms with Gasteiger partial charge < -0.3 is 9.63 Å². The van der Waals surface area contributed by atoms with Crippen molar-refractivity contribution in [2.24, 2.45) is 0 Å². The van der Waals surface area contributed by atoms with Crippen LogP contribution in [0.25, 0.3) is 11.5 Å². The van der Waals surface area contributed by atoms with Crippen molar-refractivity contribution in [2.75, 3.05) is 6.26 Å². The molecule has 0 saturated carbocycles. The van der Waals surface area contributed by atoms with Gasteiger partial charge in [0.1, 0.15) is 6.10 Å². The molecular weight excluding hydrogens is 268 g/mol. The first-order valence-electron chi connectivity index (χ1n) is 5.74. The van der Waals surface area contributed by atoms with Crippen LogP contribution in [-0.2, 0) is 9.84 Å². The second-order valence-electron chi connectivity index (χ2n) is 4.18. The fraction of sp³-hybridized carbons (Fsp3) is 0.333. The van der Waals surface area contributed by atoms with E-state index in [2.05, 4.69) is 10.1 Å². The van der Waals surface area contributed by atoms with Crippen molar-refractivity contribution in [3.63, 3.8) is 0 Å². The molecule has 0 aliphatic heterocycles. The molecule has 7 heteroatoms. The minimum Gasteiger partial charge on any atom is -0.385 e. The molecule has 19 heavy (non-hydrogen) atoms. The van der Waals surface area contributed by atoms with E-state index in [0.29, 0.717) is 12.0 Å². The first-order chi connectivity index (χ1) is 8.91.